The number of rotatable bonds is 6. The summed E-state index contributed by atoms with van der Waals surface area (Å²) in [6.45, 7) is 0. The van der Waals surface area contributed by atoms with Crippen LogP contribution < -0.4 is 9.83 Å². The van der Waals surface area contributed by atoms with Crippen LogP contribution in [0.2, 0.25) is 5.02 Å². The van der Waals surface area contributed by atoms with Crippen LogP contribution >= 0.6 is 23.3 Å². The van der Waals surface area contributed by atoms with Crippen molar-refractivity contribution in [3.63, 3.8) is 0 Å². The highest BCUT2D eigenvalue weighted by atomic mass is 35.5. The molecule has 3 aromatic rings. The van der Waals surface area contributed by atoms with Crippen molar-refractivity contribution in [1.82, 2.24) is 13.5 Å². The van der Waals surface area contributed by atoms with Crippen LogP contribution in [-0.4, -0.2) is 23.1 Å². The molecular formula is C15H11ClN3O4S2-. The van der Waals surface area contributed by atoms with E-state index in [9.17, 15) is 18.3 Å². The van der Waals surface area contributed by atoms with E-state index in [2.05, 4.69) is 13.5 Å². The molecule has 0 saturated carbocycles. The zero-order chi connectivity index (χ0) is 18.0. The number of carbonyl (C=O) groups excluding carboxylic acids is 1. The predicted octanol–water partition coefficient (Wildman–Crippen LogP) is 1.50. The maximum atomic E-state index is 12.8. The highest BCUT2D eigenvalue weighted by Gasteiger charge is 2.24. The second-order valence-corrected chi connectivity index (χ2v) is 7.84. The Kier molecular flexibility index (Phi) is 5.00. The second-order valence-electron chi connectivity index (χ2n) is 5.19. The number of sulfonamides is 1. The summed E-state index contributed by atoms with van der Waals surface area (Å²) in [7, 11) is -4.03. The SMILES string of the molecule is O=C([O-])C[C@H](NS(=O)(=O)c1cccc2nsnc12)c1ccc(Cl)cc1. The van der Waals surface area contributed by atoms with Crippen molar-refractivity contribution in [2.24, 2.45) is 0 Å². The molecule has 0 radical (unpaired) electrons. The summed E-state index contributed by atoms with van der Waals surface area (Å²) >= 11 is 6.72. The molecule has 25 heavy (non-hydrogen) atoms. The molecule has 10 heteroatoms. The second kappa shape index (κ2) is 7.04. The molecule has 0 spiro atoms. The van der Waals surface area contributed by atoms with E-state index >= 15 is 0 Å². The van der Waals surface area contributed by atoms with Gasteiger partial charge in [-0.3, -0.25) is 0 Å². The van der Waals surface area contributed by atoms with Gasteiger partial charge < -0.3 is 9.90 Å². The molecule has 0 aliphatic heterocycles. The molecule has 0 fully saturated rings. The fraction of sp³-hybridized carbons (Fsp3) is 0.133. The van der Waals surface area contributed by atoms with Crippen LogP contribution in [0.4, 0.5) is 0 Å². The number of nitrogens with one attached hydrogen (secondary N) is 1. The topological polar surface area (TPSA) is 112 Å². The van der Waals surface area contributed by atoms with Gasteiger partial charge in [-0.2, -0.15) is 8.75 Å². The number of hydrogen-bond acceptors (Lipinski definition) is 7. The number of carboxylic acids is 1. The molecule has 1 atom stereocenters. The Morgan fingerprint density at radius 2 is 1.92 bits per heavy atom. The third kappa shape index (κ3) is 3.96. The number of aromatic nitrogens is 2. The quantitative estimate of drug-likeness (QED) is 0.675. The number of carboxylic acid groups (broad SMARTS) is 1. The van der Waals surface area contributed by atoms with Gasteiger partial charge in [-0.25, -0.2) is 13.1 Å². The molecule has 3 rings (SSSR count). The molecule has 0 bridgehead atoms. The third-order valence-corrected chi connectivity index (χ3v) is 5.78. The lowest BCUT2D eigenvalue weighted by atomic mass is 10.1. The Labute approximate surface area is 152 Å². The van der Waals surface area contributed by atoms with Crippen LogP contribution in [0.1, 0.15) is 18.0 Å². The number of hydrogen-bond donors (Lipinski definition) is 1. The van der Waals surface area contributed by atoms with Gasteiger partial charge in [-0.05, 0) is 29.8 Å². The Hall–Kier alpha value is -2.07. The van der Waals surface area contributed by atoms with Gasteiger partial charge in [0, 0.05) is 17.4 Å². The molecule has 0 amide bonds. The standard InChI is InChI=1S/C15H12ClN3O4S2/c16-10-6-4-9(5-7-10)12(8-14(20)21)19-25(22,23)13-3-1-2-11-15(13)18-24-17-11/h1-7,12,19H,8H2,(H,20,21)/p-1/t12-/m0/s1. The summed E-state index contributed by atoms with van der Waals surface area (Å²) in [4.78, 5) is 11.0. The van der Waals surface area contributed by atoms with Crippen LogP contribution in [0, 0.1) is 0 Å². The first-order valence-corrected chi connectivity index (χ1v) is 9.65. The van der Waals surface area contributed by atoms with Crippen LogP contribution in [0.3, 0.4) is 0 Å². The summed E-state index contributed by atoms with van der Waals surface area (Å²) in [6, 6.07) is 9.81. The molecular weight excluding hydrogens is 386 g/mol. The van der Waals surface area contributed by atoms with Gasteiger partial charge in [0.2, 0.25) is 10.0 Å². The molecule has 1 aromatic heterocycles. The van der Waals surface area contributed by atoms with Gasteiger partial charge in [0.15, 0.2) is 0 Å². The van der Waals surface area contributed by atoms with Gasteiger partial charge >= 0.3 is 0 Å². The monoisotopic (exact) mass is 396 g/mol. The largest absolute Gasteiger partial charge is 0.550 e. The molecule has 130 valence electrons. The van der Waals surface area contributed by atoms with Crippen molar-refractivity contribution in [1.29, 1.82) is 0 Å². The molecule has 1 N–H and O–H groups in total. The first-order chi connectivity index (χ1) is 11.9. The average Bonchev–Trinajstić information content (AvgIpc) is 3.02. The minimum absolute atomic E-state index is 0.0592. The summed E-state index contributed by atoms with van der Waals surface area (Å²) in [5.74, 6) is -1.38. The van der Waals surface area contributed by atoms with Crippen molar-refractivity contribution in [2.45, 2.75) is 17.4 Å². The maximum absolute atomic E-state index is 12.8. The van der Waals surface area contributed by atoms with E-state index in [1.54, 1.807) is 36.4 Å². The van der Waals surface area contributed by atoms with Gasteiger partial charge in [-0.15, -0.1) is 0 Å². The summed E-state index contributed by atoms with van der Waals surface area (Å²) < 4.78 is 35.9. The number of carbonyl (C=O) groups is 1. The van der Waals surface area contributed by atoms with Gasteiger partial charge in [-0.1, -0.05) is 29.8 Å². The van der Waals surface area contributed by atoms with E-state index < -0.39 is 28.5 Å². The molecule has 0 unspecified atom stereocenters. The lowest BCUT2D eigenvalue weighted by Gasteiger charge is -2.20. The number of nitrogens with zero attached hydrogens (tertiary/aromatic N) is 2. The number of aliphatic carboxylic acids is 1. The highest BCUT2D eigenvalue weighted by Crippen LogP contribution is 2.25. The molecule has 2 aromatic carbocycles. The van der Waals surface area contributed by atoms with Crippen LogP contribution in [0.5, 0.6) is 0 Å². The lowest BCUT2D eigenvalue weighted by molar-refractivity contribution is -0.306. The number of benzene rings is 2. The normalized spacial score (nSPS) is 13.0. The molecule has 7 nitrogen and oxygen atoms in total. The Balaban J connectivity index is 1.99. The van der Waals surface area contributed by atoms with Crippen LogP contribution in [0.15, 0.2) is 47.4 Å². The zero-order valence-electron chi connectivity index (χ0n) is 12.5. The minimum atomic E-state index is -4.03. The van der Waals surface area contributed by atoms with Crippen LogP contribution in [-0.2, 0) is 14.8 Å². The smallest absolute Gasteiger partial charge is 0.243 e. The van der Waals surface area contributed by atoms with Crippen molar-refractivity contribution in [3.05, 3.63) is 53.1 Å². The van der Waals surface area contributed by atoms with E-state index in [1.807, 2.05) is 0 Å². The average molecular weight is 397 g/mol. The zero-order valence-corrected chi connectivity index (χ0v) is 14.9. The predicted molar refractivity (Wildman–Crippen MR) is 91.6 cm³/mol. The van der Waals surface area contributed by atoms with Crippen molar-refractivity contribution >= 4 is 50.4 Å². The van der Waals surface area contributed by atoms with E-state index in [1.165, 1.54) is 6.07 Å². The van der Waals surface area contributed by atoms with Crippen molar-refractivity contribution < 1.29 is 18.3 Å². The van der Waals surface area contributed by atoms with E-state index in [-0.39, 0.29) is 10.4 Å². The Morgan fingerprint density at radius 1 is 1.20 bits per heavy atom. The fourth-order valence-corrected chi connectivity index (χ4v) is 4.46. The van der Waals surface area contributed by atoms with E-state index in [4.69, 9.17) is 11.6 Å². The molecule has 1 heterocycles. The first-order valence-electron chi connectivity index (χ1n) is 7.06. The Bertz CT molecular complexity index is 1020. The summed E-state index contributed by atoms with van der Waals surface area (Å²) in [5, 5.41) is 11.5. The lowest BCUT2D eigenvalue weighted by Crippen LogP contribution is -2.34. The van der Waals surface area contributed by atoms with Crippen LogP contribution in [0.25, 0.3) is 11.0 Å². The number of fused-ring (bicyclic) bond motifs is 1. The van der Waals surface area contributed by atoms with Crippen molar-refractivity contribution in [2.75, 3.05) is 0 Å². The van der Waals surface area contributed by atoms with Crippen molar-refractivity contribution in [3.8, 4) is 0 Å². The maximum Gasteiger partial charge on any atom is 0.243 e. The van der Waals surface area contributed by atoms with Gasteiger partial charge in [0.05, 0.1) is 17.8 Å². The van der Waals surface area contributed by atoms with E-state index in [0.29, 0.717) is 16.1 Å². The first kappa shape index (κ1) is 17.7. The summed E-state index contributed by atoms with van der Waals surface area (Å²) in [6.07, 6.45) is -0.522. The molecule has 0 aliphatic carbocycles. The van der Waals surface area contributed by atoms with Gasteiger partial charge in [0.25, 0.3) is 0 Å². The molecule has 0 saturated heterocycles. The Morgan fingerprint density at radius 3 is 2.60 bits per heavy atom. The highest BCUT2D eigenvalue weighted by molar-refractivity contribution is 7.89. The fourth-order valence-electron chi connectivity index (χ4n) is 2.34. The number of halogens is 1. The van der Waals surface area contributed by atoms with Gasteiger partial charge in [0.1, 0.15) is 15.9 Å². The van der Waals surface area contributed by atoms with E-state index in [0.717, 1.165) is 11.7 Å². The minimum Gasteiger partial charge on any atom is -0.550 e. The summed E-state index contributed by atoms with van der Waals surface area (Å²) in [5.41, 5.74) is 1.15. The molecule has 0 aliphatic rings. The third-order valence-electron chi connectivity index (χ3n) is 3.48.